The number of amides is 1. The van der Waals surface area contributed by atoms with Crippen molar-refractivity contribution in [1.29, 1.82) is 0 Å². The second-order valence-corrected chi connectivity index (χ2v) is 11.0. The predicted molar refractivity (Wildman–Crippen MR) is 141 cm³/mol. The number of halogens is 1. The molecular formula is C27H31ClN2O4S. The molecule has 3 aromatic rings. The third-order valence-electron chi connectivity index (χ3n) is 5.82. The van der Waals surface area contributed by atoms with Crippen LogP contribution in [0.1, 0.15) is 49.4 Å². The Labute approximate surface area is 212 Å². The first kappa shape index (κ1) is 26.6. The number of benzene rings is 3. The van der Waals surface area contributed by atoms with Crippen molar-refractivity contribution in [2.75, 3.05) is 18.0 Å². The highest BCUT2D eigenvalue weighted by molar-refractivity contribution is 7.92. The fourth-order valence-corrected chi connectivity index (χ4v) is 5.52. The van der Waals surface area contributed by atoms with Gasteiger partial charge in [0.15, 0.2) is 0 Å². The number of nitrogens with zero attached hydrogens (tertiary/aromatic N) is 1. The van der Waals surface area contributed by atoms with E-state index in [1.165, 1.54) is 12.1 Å². The van der Waals surface area contributed by atoms with E-state index in [2.05, 4.69) is 19.2 Å². The third kappa shape index (κ3) is 6.16. The first-order valence-corrected chi connectivity index (χ1v) is 13.2. The Kier molecular flexibility index (Phi) is 8.46. The SMILES string of the molecule is COc1cc(C)c(C(C)NC(=O)CN(c2ccc(Cl)cc2)S(=O)(=O)c2ccccc2)cc1C(C)C. The van der Waals surface area contributed by atoms with Crippen LogP contribution in [-0.2, 0) is 14.8 Å². The lowest BCUT2D eigenvalue weighted by molar-refractivity contribution is -0.120. The van der Waals surface area contributed by atoms with Gasteiger partial charge in [-0.25, -0.2) is 8.42 Å². The van der Waals surface area contributed by atoms with E-state index in [1.54, 1.807) is 49.6 Å². The molecule has 0 aliphatic rings. The lowest BCUT2D eigenvalue weighted by atomic mass is 9.93. The van der Waals surface area contributed by atoms with E-state index in [0.29, 0.717) is 10.7 Å². The number of rotatable bonds is 9. The molecule has 3 rings (SSSR count). The van der Waals surface area contributed by atoms with Gasteiger partial charge in [-0.15, -0.1) is 0 Å². The topological polar surface area (TPSA) is 75.7 Å². The van der Waals surface area contributed by atoms with Gasteiger partial charge in [-0.3, -0.25) is 9.10 Å². The van der Waals surface area contributed by atoms with Crippen LogP contribution in [0.5, 0.6) is 5.75 Å². The normalized spacial score (nSPS) is 12.3. The number of hydrogen-bond donors (Lipinski definition) is 1. The molecule has 0 saturated carbocycles. The summed E-state index contributed by atoms with van der Waals surface area (Å²) in [5.41, 5.74) is 3.32. The van der Waals surface area contributed by atoms with Crippen LogP contribution in [0.25, 0.3) is 0 Å². The first-order chi connectivity index (χ1) is 16.5. The van der Waals surface area contributed by atoms with Crippen molar-refractivity contribution in [3.05, 3.63) is 88.4 Å². The number of carbonyl (C=O) groups excluding carboxylic acids is 1. The highest BCUT2D eigenvalue weighted by Gasteiger charge is 2.28. The lowest BCUT2D eigenvalue weighted by Crippen LogP contribution is -2.41. The zero-order valence-electron chi connectivity index (χ0n) is 20.6. The van der Waals surface area contributed by atoms with Crippen molar-refractivity contribution in [3.8, 4) is 5.75 Å². The number of hydrogen-bond acceptors (Lipinski definition) is 4. The van der Waals surface area contributed by atoms with E-state index in [1.807, 2.05) is 26.0 Å². The van der Waals surface area contributed by atoms with Crippen LogP contribution in [-0.4, -0.2) is 28.0 Å². The van der Waals surface area contributed by atoms with Gasteiger partial charge < -0.3 is 10.1 Å². The Morgan fingerprint density at radius 1 is 1.00 bits per heavy atom. The minimum atomic E-state index is -3.98. The standard InChI is InChI=1S/C27H31ClN2O4S/c1-18(2)24-16-25(19(3)15-26(24)34-5)20(4)29-27(31)17-30(22-13-11-21(28)12-14-22)35(32,33)23-9-7-6-8-10-23/h6-16,18,20H,17H2,1-5H3,(H,29,31). The molecule has 6 nitrogen and oxygen atoms in total. The summed E-state index contributed by atoms with van der Waals surface area (Å²) in [4.78, 5) is 13.2. The first-order valence-electron chi connectivity index (χ1n) is 11.4. The molecule has 0 aromatic heterocycles. The van der Waals surface area contributed by atoms with Crippen molar-refractivity contribution in [3.63, 3.8) is 0 Å². The maximum absolute atomic E-state index is 13.5. The van der Waals surface area contributed by atoms with Crippen LogP contribution in [0.3, 0.4) is 0 Å². The number of anilines is 1. The van der Waals surface area contributed by atoms with Crippen LogP contribution in [0.2, 0.25) is 5.02 Å². The summed E-state index contributed by atoms with van der Waals surface area (Å²) >= 11 is 6.01. The molecule has 1 N–H and O–H groups in total. The molecule has 0 saturated heterocycles. The minimum absolute atomic E-state index is 0.100. The molecule has 0 radical (unpaired) electrons. The Balaban J connectivity index is 1.90. The molecule has 186 valence electrons. The third-order valence-corrected chi connectivity index (χ3v) is 7.86. The molecule has 0 bridgehead atoms. The average Bonchev–Trinajstić information content (AvgIpc) is 2.83. The van der Waals surface area contributed by atoms with E-state index in [0.717, 1.165) is 26.7 Å². The van der Waals surface area contributed by atoms with Crippen LogP contribution < -0.4 is 14.4 Å². The Hall–Kier alpha value is -3.03. The van der Waals surface area contributed by atoms with Crippen molar-refractivity contribution < 1.29 is 17.9 Å². The summed E-state index contributed by atoms with van der Waals surface area (Å²) in [5, 5.41) is 3.44. The van der Waals surface area contributed by atoms with E-state index < -0.39 is 15.9 Å². The summed E-state index contributed by atoms with van der Waals surface area (Å²) in [6.07, 6.45) is 0. The summed E-state index contributed by atoms with van der Waals surface area (Å²) in [7, 11) is -2.34. The van der Waals surface area contributed by atoms with E-state index in [-0.39, 0.29) is 23.4 Å². The van der Waals surface area contributed by atoms with Gasteiger partial charge in [-0.1, -0.05) is 43.6 Å². The molecule has 1 atom stereocenters. The average molecular weight is 515 g/mol. The molecule has 1 amide bonds. The van der Waals surface area contributed by atoms with Crippen molar-refractivity contribution >= 4 is 33.2 Å². The monoisotopic (exact) mass is 514 g/mol. The fourth-order valence-electron chi connectivity index (χ4n) is 3.95. The van der Waals surface area contributed by atoms with Crippen LogP contribution in [0.4, 0.5) is 5.69 Å². The van der Waals surface area contributed by atoms with E-state index in [4.69, 9.17) is 16.3 Å². The molecule has 8 heteroatoms. The predicted octanol–water partition coefficient (Wildman–Crippen LogP) is 5.85. The molecule has 0 fully saturated rings. The summed E-state index contributed by atoms with van der Waals surface area (Å²) in [5.74, 6) is 0.625. The van der Waals surface area contributed by atoms with Gasteiger partial charge in [0.25, 0.3) is 10.0 Å². The zero-order valence-corrected chi connectivity index (χ0v) is 22.2. The number of aryl methyl sites for hydroxylation is 1. The molecule has 1 unspecified atom stereocenters. The summed E-state index contributed by atoms with van der Waals surface area (Å²) in [6, 6.07) is 18.1. The van der Waals surface area contributed by atoms with Gasteiger partial charge in [-0.05, 0) is 85.0 Å². The second kappa shape index (κ2) is 11.1. The Bertz CT molecular complexity index is 1280. The van der Waals surface area contributed by atoms with Gasteiger partial charge in [0, 0.05) is 5.02 Å². The lowest BCUT2D eigenvalue weighted by Gasteiger charge is -2.26. The number of carbonyl (C=O) groups is 1. The Morgan fingerprint density at radius 2 is 1.63 bits per heavy atom. The van der Waals surface area contributed by atoms with E-state index >= 15 is 0 Å². The van der Waals surface area contributed by atoms with E-state index in [9.17, 15) is 13.2 Å². The van der Waals surface area contributed by atoms with Gasteiger partial charge in [0.2, 0.25) is 5.91 Å². The number of nitrogens with one attached hydrogen (secondary N) is 1. The molecule has 0 spiro atoms. The van der Waals surface area contributed by atoms with Gasteiger partial charge in [-0.2, -0.15) is 0 Å². The molecule has 0 aliphatic heterocycles. The van der Waals surface area contributed by atoms with Gasteiger partial charge in [0.05, 0.1) is 23.7 Å². The number of sulfonamides is 1. The molecule has 0 aliphatic carbocycles. The Morgan fingerprint density at radius 3 is 2.20 bits per heavy atom. The molecule has 0 heterocycles. The van der Waals surface area contributed by atoms with Crippen molar-refractivity contribution in [2.24, 2.45) is 0 Å². The summed E-state index contributed by atoms with van der Waals surface area (Å²) < 4.78 is 33.5. The molecular weight excluding hydrogens is 484 g/mol. The number of methoxy groups -OCH3 is 1. The number of ether oxygens (including phenoxy) is 1. The van der Waals surface area contributed by atoms with Crippen molar-refractivity contribution in [2.45, 2.75) is 44.6 Å². The maximum Gasteiger partial charge on any atom is 0.264 e. The highest BCUT2D eigenvalue weighted by atomic mass is 35.5. The summed E-state index contributed by atoms with van der Waals surface area (Å²) in [6.45, 7) is 7.63. The highest BCUT2D eigenvalue weighted by Crippen LogP contribution is 2.32. The quantitative estimate of drug-likeness (QED) is 0.388. The maximum atomic E-state index is 13.5. The van der Waals surface area contributed by atoms with Crippen LogP contribution in [0.15, 0.2) is 71.6 Å². The molecule has 35 heavy (non-hydrogen) atoms. The van der Waals surface area contributed by atoms with Gasteiger partial charge >= 0.3 is 0 Å². The van der Waals surface area contributed by atoms with Crippen molar-refractivity contribution in [1.82, 2.24) is 5.32 Å². The van der Waals surface area contributed by atoms with Gasteiger partial charge in [0.1, 0.15) is 12.3 Å². The second-order valence-electron chi connectivity index (χ2n) is 8.70. The molecule has 3 aromatic carbocycles. The minimum Gasteiger partial charge on any atom is -0.496 e. The van der Waals surface area contributed by atoms with Crippen LogP contribution >= 0.6 is 11.6 Å². The largest absolute Gasteiger partial charge is 0.496 e. The fraction of sp³-hybridized carbons (Fsp3) is 0.296. The van der Waals surface area contributed by atoms with Crippen LogP contribution in [0, 0.1) is 6.92 Å². The smallest absolute Gasteiger partial charge is 0.264 e. The zero-order chi connectivity index (χ0) is 25.8.